The van der Waals surface area contributed by atoms with E-state index in [1.165, 1.54) is 0 Å². The number of hydrogen-bond acceptors (Lipinski definition) is 5. The molecule has 1 aliphatic heterocycles. The third kappa shape index (κ3) is 3.04. The molecule has 2 amide bonds. The van der Waals surface area contributed by atoms with Gasteiger partial charge < -0.3 is 4.55 Å². The van der Waals surface area contributed by atoms with Crippen molar-refractivity contribution in [2.24, 2.45) is 0 Å². The number of carbonyl (C=O) groups is 2. The Kier molecular flexibility index (Phi) is 4.75. The van der Waals surface area contributed by atoms with Gasteiger partial charge in [0.05, 0.1) is 6.42 Å². The molecule has 0 aromatic heterocycles. The summed E-state index contributed by atoms with van der Waals surface area (Å²) in [6, 6.07) is 0. The minimum absolute atomic E-state index is 0. The molecule has 1 fully saturated rings. The second-order valence-electron chi connectivity index (χ2n) is 4.42. The van der Waals surface area contributed by atoms with E-state index >= 15 is 0 Å². The SMILES string of the molecule is CC(C)(C)N1C(=O)CC(S(=O)(=O)[O-])C1=O.[Na+]. The van der Waals surface area contributed by atoms with Crippen molar-refractivity contribution in [2.45, 2.75) is 38.0 Å². The molecular weight excluding hydrogens is 245 g/mol. The Bertz CT molecular complexity index is 411. The van der Waals surface area contributed by atoms with Gasteiger partial charge in [-0.2, -0.15) is 0 Å². The predicted molar refractivity (Wildman–Crippen MR) is 49.7 cm³/mol. The average Bonchev–Trinajstić information content (AvgIpc) is 2.22. The van der Waals surface area contributed by atoms with E-state index < -0.39 is 39.1 Å². The van der Waals surface area contributed by atoms with Crippen molar-refractivity contribution in [3.8, 4) is 0 Å². The molecule has 1 rings (SSSR count). The fourth-order valence-electron chi connectivity index (χ4n) is 1.53. The van der Waals surface area contributed by atoms with Crippen LogP contribution >= 0.6 is 0 Å². The third-order valence-corrected chi connectivity index (χ3v) is 3.19. The zero-order chi connectivity index (χ0) is 12.0. The van der Waals surface area contributed by atoms with Gasteiger partial charge in [-0.05, 0) is 20.8 Å². The minimum Gasteiger partial charge on any atom is -0.747 e. The van der Waals surface area contributed by atoms with Crippen LogP contribution in [0.1, 0.15) is 27.2 Å². The van der Waals surface area contributed by atoms with Crippen LogP contribution < -0.4 is 29.6 Å². The number of carbonyl (C=O) groups excluding carboxylic acids is 2. The number of nitrogens with zero attached hydrogens (tertiary/aromatic N) is 1. The van der Waals surface area contributed by atoms with Crippen LogP contribution in [0.25, 0.3) is 0 Å². The Balaban J connectivity index is 0.00000225. The van der Waals surface area contributed by atoms with Crippen LogP contribution in [-0.2, 0) is 19.7 Å². The second-order valence-corrected chi connectivity index (χ2v) is 5.98. The van der Waals surface area contributed by atoms with Gasteiger partial charge in [-0.15, -0.1) is 0 Å². The van der Waals surface area contributed by atoms with E-state index in [0.717, 1.165) is 4.90 Å². The van der Waals surface area contributed by atoms with Gasteiger partial charge in [0.1, 0.15) is 15.4 Å². The van der Waals surface area contributed by atoms with Crippen LogP contribution in [0.3, 0.4) is 0 Å². The maximum Gasteiger partial charge on any atom is 1.00 e. The molecule has 6 nitrogen and oxygen atoms in total. The normalized spacial score (nSPS) is 22.2. The number of rotatable bonds is 1. The van der Waals surface area contributed by atoms with Gasteiger partial charge in [-0.25, -0.2) is 8.42 Å². The topological polar surface area (TPSA) is 94.6 Å². The summed E-state index contributed by atoms with van der Waals surface area (Å²) in [5.41, 5.74) is -0.798. The summed E-state index contributed by atoms with van der Waals surface area (Å²) in [5.74, 6) is -1.53. The van der Waals surface area contributed by atoms with Crippen molar-refractivity contribution in [3.63, 3.8) is 0 Å². The van der Waals surface area contributed by atoms with E-state index in [0.29, 0.717) is 0 Å². The molecule has 0 aromatic rings. The van der Waals surface area contributed by atoms with E-state index in [1.54, 1.807) is 20.8 Å². The van der Waals surface area contributed by atoms with Crippen molar-refractivity contribution in [1.82, 2.24) is 4.90 Å². The Labute approximate surface area is 116 Å². The van der Waals surface area contributed by atoms with Crippen LogP contribution in [0, 0.1) is 0 Å². The Hall–Kier alpha value is 0.0500. The van der Waals surface area contributed by atoms with Crippen molar-refractivity contribution in [1.29, 1.82) is 0 Å². The van der Waals surface area contributed by atoms with E-state index in [9.17, 15) is 22.6 Å². The third-order valence-electron chi connectivity index (χ3n) is 2.12. The summed E-state index contributed by atoms with van der Waals surface area (Å²) in [7, 11) is -4.74. The molecule has 86 valence electrons. The molecule has 1 heterocycles. The van der Waals surface area contributed by atoms with E-state index in [4.69, 9.17) is 0 Å². The molecule has 16 heavy (non-hydrogen) atoms. The maximum atomic E-state index is 11.5. The molecule has 0 N–H and O–H groups in total. The van der Waals surface area contributed by atoms with E-state index in [2.05, 4.69) is 0 Å². The Morgan fingerprint density at radius 3 is 1.94 bits per heavy atom. The number of hydrogen-bond donors (Lipinski definition) is 0. The average molecular weight is 257 g/mol. The van der Waals surface area contributed by atoms with E-state index in [1.807, 2.05) is 0 Å². The van der Waals surface area contributed by atoms with Crippen molar-refractivity contribution in [2.75, 3.05) is 0 Å². The summed E-state index contributed by atoms with van der Waals surface area (Å²) < 4.78 is 32.1. The van der Waals surface area contributed by atoms with Crippen molar-refractivity contribution < 1.29 is 52.1 Å². The quantitative estimate of drug-likeness (QED) is 0.275. The molecule has 8 heteroatoms. The van der Waals surface area contributed by atoms with Gasteiger partial charge in [0, 0.05) is 5.54 Å². The summed E-state index contributed by atoms with van der Waals surface area (Å²) in [6.45, 7) is 4.80. The molecule has 1 aliphatic rings. The molecule has 0 radical (unpaired) electrons. The molecule has 0 saturated carbocycles. The van der Waals surface area contributed by atoms with Crippen LogP contribution in [-0.4, -0.2) is 40.5 Å². The summed E-state index contributed by atoms with van der Waals surface area (Å²) in [6.07, 6.45) is -0.540. The zero-order valence-electron chi connectivity index (χ0n) is 9.68. The van der Waals surface area contributed by atoms with Crippen LogP contribution in [0.15, 0.2) is 0 Å². The van der Waals surface area contributed by atoms with Crippen LogP contribution in [0.5, 0.6) is 0 Å². The first-order chi connectivity index (χ1) is 6.55. The molecule has 0 aromatic carbocycles. The molecule has 0 bridgehead atoms. The zero-order valence-corrected chi connectivity index (χ0v) is 12.5. The minimum atomic E-state index is -4.74. The molecule has 1 unspecified atom stereocenters. The van der Waals surface area contributed by atoms with Gasteiger partial charge in [0.2, 0.25) is 11.8 Å². The molecular formula is C8H12NNaO5S. The van der Waals surface area contributed by atoms with E-state index in [-0.39, 0.29) is 29.6 Å². The smallest absolute Gasteiger partial charge is 0.747 e. The van der Waals surface area contributed by atoms with Crippen LogP contribution in [0.2, 0.25) is 0 Å². The first-order valence-corrected chi connectivity index (χ1v) is 5.84. The number of amides is 2. The molecule has 1 saturated heterocycles. The van der Waals surface area contributed by atoms with Crippen LogP contribution in [0.4, 0.5) is 0 Å². The summed E-state index contributed by atoms with van der Waals surface area (Å²) in [5, 5.41) is -1.75. The van der Waals surface area contributed by atoms with Gasteiger partial charge in [-0.1, -0.05) is 0 Å². The predicted octanol–water partition coefficient (Wildman–Crippen LogP) is -3.54. The maximum absolute atomic E-state index is 11.5. The standard InChI is InChI=1S/C8H13NO5S.Na/c1-8(2,3)9-6(10)4-5(7(9)11)15(12,13)14;/h5H,4H2,1-3H3,(H,12,13,14);/q;+1/p-1. The number of likely N-dealkylation sites (tertiary alicyclic amines) is 1. The fraction of sp³-hybridized carbons (Fsp3) is 0.750. The Morgan fingerprint density at radius 2 is 1.75 bits per heavy atom. The molecule has 0 spiro atoms. The molecule has 1 atom stereocenters. The van der Waals surface area contributed by atoms with Crippen molar-refractivity contribution >= 4 is 21.9 Å². The van der Waals surface area contributed by atoms with Gasteiger partial charge >= 0.3 is 29.6 Å². The van der Waals surface area contributed by atoms with Gasteiger partial charge in [0.15, 0.2) is 0 Å². The Morgan fingerprint density at radius 1 is 1.31 bits per heavy atom. The molecule has 0 aliphatic carbocycles. The monoisotopic (exact) mass is 257 g/mol. The largest absolute Gasteiger partial charge is 1.00 e. The van der Waals surface area contributed by atoms with Gasteiger partial charge in [-0.3, -0.25) is 14.5 Å². The van der Waals surface area contributed by atoms with Crippen molar-refractivity contribution in [3.05, 3.63) is 0 Å². The first-order valence-electron chi connectivity index (χ1n) is 4.37. The summed E-state index contributed by atoms with van der Waals surface area (Å²) in [4.78, 5) is 23.8. The fourth-order valence-corrected chi connectivity index (χ4v) is 2.23. The summed E-state index contributed by atoms with van der Waals surface area (Å²) >= 11 is 0. The first kappa shape index (κ1) is 16.1. The second kappa shape index (κ2) is 4.73. The number of imide groups is 1. The van der Waals surface area contributed by atoms with Gasteiger partial charge in [0.25, 0.3) is 0 Å².